The molecule has 3 N–H and O–H groups in total. The number of aromatic carboxylic acids is 1. The van der Waals surface area contributed by atoms with E-state index in [4.69, 9.17) is 22.1 Å². The van der Waals surface area contributed by atoms with Gasteiger partial charge in [-0.3, -0.25) is 4.90 Å². The number of halogens is 1. The molecule has 1 fully saturated rings. The van der Waals surface area contributed by atoms with Crippen molar-refractivity contribution in [2.24, 2.45) is 5.41 Å². The molecule has 1 saturated heterocycles. The number of anilines is 2. The number of benzene rings is 2. The summed E-state index contributed by atoms with van der Waals surface area (Å²) in [4.78, 5) is 20.9. The third-order valence-electron chi connectivity index (χ3n) is 8.10. The molecule has 2 aliphatic rings. The number of carboxylic acids is 1. The number of allylic oxidation sites excluding steroid dienone is 1. The lowest BCUT2D eigenvalue weighted by Crippen LogP contribution is -2.47. The Kier molecular flexibility index (Phi) is 8.38. The highest BCUT2D eigenvalue weighted by Gasteiger charge is 2.29. The lowest BCUT2D eigenvalue weighted by molar-refractivity contribution is 0.0694. The number of rotatable bonds is 8. The summed E-state index contributed by atoms with van der Waals surface area (Å²) in [6, 6.07) is 15.2. The van der Waals surface area contributed by atoms with Crippen molar-refractivity contribution in [3.05, 3.63) is 88.6 Å². The number of nitrogens with zero attached hydrogens (tertiary/aromatic N) is 3. The molecule has 2 heterocycles. The van der Waals surface area contributed by atoms with E-state index >= 15 is 0 Å². The molecular weight excluding hydrogens is 536 g/mol. The van der Waals surface area contributed by atoms with Crippen molar-refractivity contribution in [2.75, 3.05) is 43.4 Å². The van der Waals surface area contributed by atoms with Gasteiger partial charge in [-0.05, 0) is 66.1 Å². The van der Waals surface area contributed by atoms with Gasteiger partial charge in [0.25, 0.3) is 0 Å². The van der Waals surface area contributed by atoms with E-state index in [1.807, 2.05) is 18.2 Å². The second-order valence-electron chi connectivity index (χ2n) is 11.6. The number of carboxylic acid groups (broad SMARTS) is 1. The number of piperazine rings is 1. The molecule has 0 unspecified atom stereocenters. The summed E-state index contributed by atoms with van der Waals surface area (Å²) < 4.78 is 6.00. The molecule has 0 spiro atoms. The van der Waals surface area contributed by atoms with Gasteiger partial charge in [0.2, 0.25) is 0 Å². The Morgan fingerprint density at radius 1 is 1.15 bits per heavy atom. The SMILES string of the molecule is C=Cc1cc(Oc2cc(N3CCN(CC4=C(c5ccc(Cl)cc5)CC(C)(C)CC4)CC3)ccc2C(=O)O)cnc1N. The Morgan fingerprint density at radius 3 is 2.56 bits per heavy atom. The fraction of sp³-hybridized carbons (Fsp3) is 0.333. The van der Waals surface area contributed by atoms with Gasteiger partial charge in [0, 0.05) is 55.1 Å². The van der Waals surface area contributed by atoms with E-state index in [9.17, 15) is 9.90 Å². The quantitative estimate of drug-likeness (QED) is 0.294. The van der Waals surface area contributed by atoms with Gasteiger partial charge in [-0.25, -0.2) is 9.78 Å². The van der Waals surface area contributed by atoms with E-state index in [2.05, 4.69) is 47.3 Å². The van der Waals surface area contributed by atoms with Crippen molar-refractivity contribution in [1.82, 2.24) is 9.88 Å². The number of hydrogen-bond donors (Lipinski definition) is 2. The fourth-order valence-corrected chi connectivity index (χ4v) is 5.81. The number of hydrogen-bond acceptors (Lipinski definition) is 6. The van der Waals surface area contributed by atoms with Crippen LogP contribution in [0.5, 0.6) is 11.5 Å². The zero-order chi connectivity index (χ0) is 29.1. The van der Waals surface area contributed by atoms with E-state index < -0.39 is 5.97 Å². The molecule has 2 aromatic carbocycles. The molecule has 1 aromatic heterocycles. The largest absolute Gasteiger partial charge is 0.478 e. The van der Waals surface area contributed by atoms with Crippen LogP contribution >= 0.6 is 11.6 Å². The first kappa shape index (κ1) is 28.7. The van der Waals surface area contributed by atoms with Crippen LogP contribution in [-0.4, -0.2) is 53.7 Å². The Hall–Kier alpha value is -3.81. The van der Waals surface area contributed by atoms with Crippen molar-refractivity contribution < 1.29 is 14.6 Å². The number of nitrogen functional groups attached to an aromatic ring is 1. The maximum atomic E-state index is 11.9. The minimum absolute atomic E-state index is 0.0891. The van der Waals surface area contributed by atoms with Crippen molar-refractivity contribution in [1.29, 1.82) is 0 Å². The van der Waals surface area contributed by atoms with E-state index in [1.165, 1.54) is 29.3 Å². The molecule has 0 radical (unpaired) electrons. The fourth-order valence-electron chi connectivity index (χ4n) is 5.69. The standard InChI is InChI=1S/C33H37ClN4O3/c1-4-22-17-27(20-36-31(22)35)41-30-18-26(9-10-28(30)32(39)40)38-15-13-37(14-16-38)21-24-11-12-33(2,3)19-29(24)23-5-7-25(34)8-6-23/h4-10,17-18,20H,1,11-16,19,21H2,2-3H3,(H2,35,36)(H,39,40). The van der Waals surface area contributed by atoms with Crippen LogP contribution in [0.25, 0.3) is 11.6 Å². The molecule has 0 amide bonds. The van der Waals surface area contributed by atoms with Crippen molar-refractivity contribution in [2.45, 2.75) is 33.1 Å². The third-order valence-corrected chi connectivity index (χ3v) is 8.35. The van der Waals surface area contributed by atoms with Gasteiger partial charge in [-0.1, -0.05) is 55.8 Å². The van der Waals surface area contributed by atoms with Crippen molar-refractivity contribution in [3.8, 4) is 11.5 Å². The minimum atomic E-state index is -1.05. The molecule has 0 atom stereocenters. The molecule has 41 heavy (non-hydrogen) atoms. The average Bonchev–Trinajstić information content (AvgIpc) is 2.95. The van der Waals surface area contributed by atoms with Crippen molar-refractivity contribution in [3.63, 3.8) is 0 Å². The highest BCUT2D eigenvalue weighted by molar-refractivity contribution is 6.30. The molecule has 0 saturated carbocycles. The first-order valence-electron chi connectivity index (χ1n) is 14.0. The van der Waals surface area contributed by atoms with E-state index in [-0.39, 0.29) is 16.7 Å². The van der Waals surface area contributed by atoms with Gasteiger partial charge in [-0.2, -0.15) is 0 Å². The van der Waals surface area contributed by atoms with Gasteiger partial charge in [-0.15, -0.1) is 0 Å². The van der Waals surface area contributed by atoms with Crippen LogP contribution in [0.15, 0.2) is 66.9 Å². The molecular formula is C33H37ClN4O3. The monoisotopic (exact) mass is 572 g/mol. The van der Waals surface area contributed by atoms with Crippen LogP contribution < -0.4 is 15.4 Å². The van der Waals surface area contributed by atoms with Crippen LogP contribution in [0.3, 0.4) is 0 Å². The van der Waals surface area contributed by atoms with Crippen LogP contribution in [0, 0.1) is 5.41 Å². The smallest absolute Gasteiger partial charge is 0.339 e. The zero-order valence-corrected chi connectivity index (χ0v) is 24.5. The van der Waals surface area contributed by atoms with Gasteiger partial charge in [0.05, 0.1) is 6.20 Å². The predicted octanol–water partition coefficient (Wildman–Crippen LogP) is 7.24. The topological polar surface area (TPSA) is 91.9 Å². The number of ether oxygens (including phenoxy) is 1. The number of aromatic nitrogens is 1. The molecule has 1 aliphatic carbocycles. The van der Waals surface area contributed by atoms with Gasteiger partial charge < -0.3 is 20.5 Å². The summed E-state index contributed by atoms with van der Waals surface area (Å²) >= 11 is 6.18. The highest BCUT2D eigenvalue weighted by atomic mass is 35.5. The van der Waals surface area contributed by atoms with Gasteiger partial charge >= 0.3 is 5.97 Å². The predicted molar refractivity (Wildman–Crippen MR) is 167 cm³/mol. The summed E-state index contributed by atoms with van der Waals surface area (Å²) in [6.45, 7) is 12.9. The summed E-state index contributed by atoms with van der Waals surface area (Å²) in [5, 5.41) is 10.5. The number of nitrogens with two attached hydrogens (primary N) is 1. The number of carbonyl (C=O) groups is 1. The van der Waals surface area contributed by atoms with E-state index in [1.54, 1.807) is 24.3 Å². The Labute approximate surface area is 246 Å². The first-order valence-corrected chi connectivity index (χ1v) is 14.4. The minimum Gasteiger partial charge on any atom is -0.478 e. The summed E-state index contributed by atoms with van der Waals surface area (Å²) in [5.41, 5.74) is 12.1. The maximum absolute atomic E-state index is 11.9. The Morgan fingerprint density at radius 2 is 1.88 bits per heavy atom. The highest BCUT2D eigenvalue weighted by Crippen LogP contribution is 2.43. The second kappa shape index (κ2) is 12.0. The van der Waals surface area contributed by atoms with Crippen LogP contribution in [0.1, 0.15) is 54.6 Å². The average molecular weight is 573 g/mol. The van der Waals surface area contributed by atoms with E-state index in [0.717, 1.165) is 56.3 Å². The number of pyridine rings is 1. The zero-order valence-electron chi connectivity index (χ0n) is 23.7. The lowest BCUT2D eigenvalue weighted by Gasteiger charge is -2.39. The Bertz CT molecular complexity index is 1470. The molecule has 214 valence electrons. The van der Waals surface area contributed by atoms with Gasteiger partial charge in [0.1, 0.15) is 22.9 Å². The van der Waals surface area contributed by atoms with Crippen LogP contribution in [-0.2, 0) is 0 Å². The molecule has 8 heteroatoms. The lowest BCUT2D eigenvalue weighted by atomic mass is 9.72. The second-order valence-corrected chi connectivity index (χ2v) is 12.1. The van der Waals surface area contributed by atoms with E-state index in [0.29, 0.717) is 17.1 Å². The summed E-state index contributed by atoms with van der Waals surface area (Å²) in [6.07, 6.45) is 6.44. The summed E-state index contributed by atoms with van der Waals surface area (Å²) in [5.74, 6) is -0.0462. The first-order chi connectivity index (χ1) is 19.6. The molecule has 1 aliphatic heterocycles. The Balaban J connectivity index is 1.30. The summed E-state index contributed by atoms with van der Waals surface area (Å²) in [7, 11) is 0. The molecule has 5 rings (SSSR count). The third kappa shape index (κ3) is 6.75. The molecule has 7 nitrogen and oxygen atoms in total. The van der Waals surface area contributed by atoms with Gasteiger partial charge in [0.15, 0.2) is 0 Å². The van der Waals surface area contributed by atoms with Crippen molar-refractivity contribution >= 4 is 40.7 Å². The van der Waals surface area contributed by atoms with Crippen LogP contribution in [0.2, 0.25) is 5.02 Å². The maximum Gasteiger partial charge on any atom is 0.339 e. The normalized spacial score (nSPS) is 17.4. The van der Waals surface area contributed by atoms with Crippen LogP contribution in [0.4, 0.5) is 11.5 Å². The molecule has 3 aromatic rings. The molecule has 0 bridgehead atoms.